The van der Waals surface area contributed by atoms with Crippen LogP contribution in [0.3, 0.4) is 0 Å². The molecule has 1 aromatic rings. The Balaban J connectivity index is 2.70. The first kappa shape index (κ1) is 16.1. The number of ether oxygens (including phenoxy) is 2. The van der Waals surface area contributed by atoms with E-state index >= 15 is 0 Å². The molecule has 0 aliphatic heterocycles. The predicted molar refractivity (Wildman–Crippen MR) is 77.0 cm³/mol. The third-order valence-electron chi connectivity index (χ3n) is 2.44. The van der Waals surface area contributed by atoms with Gasteiger partial charge in [0.05, 0.1) is 0 Å². The first-order valence-electron chi connectivity index (χ1n) is 6.18. The zero-order chi connectivity index (χ0) is 15.5. The van der Waals surface area contributed by atoms with Crippen LogP contribution in [0.2, 0.25) is 0 Å². The molecule has 108 valence electrons. The molecule has 1 unspecified atom stereocenters. The fraction of sp³-hybridized carbons (Fsp3) is 0.250. The van der Waals surface area contributed by atoms with Gasteiger partial charge >= 0.3 is 12.1 Å². The summed E-state index contributed by atoms with van der Waals surface area (Å²) in [6.07, 6.45) is 9.50. The molecule has 0 spiro atoms. The van der Waals surface area contributed by atoms with Gasteiger partial charge in [-0.3, -0.25) is 0 Å². The van der Waals surface area contributed by atoms with Crippen LogP contribution in [0.5, 0.6) is 0 Å². The molecule has 0 aliphatic carbocycles. The molecular weight excluding hydrogens is 270 g/mol. The maximum Gasteiger partial charge on any atom is 0.408 e. The summed E-state index contributed by atoms with van der Waals surface area (Å²) in [5.41, 5.74) is 0.859. The van der Waals surface area contributed by atoms with Crippen LogP contribution in [0.4, 0.5) is 4.79 Å². The van der Waals surface area contributed by atoms with Crippen molar-refractivity contribution < 1.29 is 19.1 Å². The minimum absolute atomic E-state index is 0.162. The Morgan fingerprint density at radius 3 is 2.33 bits per heavy atom. The molecule has 5 nitrogen and oxygen atoms in total. The van der Waals surface area contributed by atoms with Crippen LogP contribution in [0.15, 0.2) is 30.3 Å². The molecule has 1 amide bonds. The zero-order valence-electron chi connectivity index (χ0n) is 11.4. The lowest BCUT2D eigenvalue weighted by Gasteiger charge is -2.16. The molecule has 1 rings (SSSR count). The number of hydrogen-bond acceptors (Lipinski definition) is 4. The Hall–Kier alpha value is -2.92. The highest BCUT2D eigenvalue weighted by molar-refractivity contribution is 5.81. The highest BCUT2D eigenvalue weighted by Gasteiger charge is 2.23. The van der Waals surface area contributed by atoms with Crippen molar-refractivity contribution in [2.45, 2.75) is 12.5 Å². The molecule has 0 aromatic heterocycles. The number of terminal acetylenes is 2. The molecule has 1 atom stereocenters. The molecule has 21 heavy (non-hydrogen) atoms. The second kappa shape index (κ2) is 9.06. The van der Waals surface area contributed by atoms with E-state index in [9.17, 15) is 9.59 Å². The van der Waals surface area contributed by atoms with Gasteiger partial charge in [-0.05, 0) is 5.56 Å². The number of benzene rings is 1. The minimum atomic E-state index is -0.897. The van der Waals surface area contributed by atoms with E-state index < -0.39 is 18.1 Å². The topological polar surface area (TPSA) is 64.6 Å². The zero-order valence-corrected chi connectivity index (χ0v) is 11.4. The minimum Gasteiger partial charge on any atom is -0.451 e. The summed E-state index contributed by atoms with van der Waals surface area (Å²) < 4.78 is 9.53. The second-order valence-corrected chi connectivity index (χ2v) is 3.98. The second-order valence-electron chi connectivity index (χ2n) is 3.98. The van der Waals surface area contributed by atoms with Gasteiger partial charge in [-0.15, -0.1) is 12.8 Å². The molecule has 0 radical (unpaired) electrons. The van der Waals surface area contributed by atoms with Gasteiger partial charge in [-0.2, -0.15) is 0 Å². The van der Waals surface area contributed by atoms with E-state index in [0.717, 1.165) is 5.56 Å². The molecule has 5 heteroatoms. The molecule has 0 fully saturated rings. The van der Waals surface area contributed by atoms with Gasteiger partial charge < -0.3 is 14.8 Å². The third-order valence-corrected chi connectivity index (χ3v) is 2.44. The highest BCUT2D eigenvalue weighted by atomic mass is 16.6. The van der Waals surface area contributed by atoms with Gasteiger partial charge in [-0.1, -0.05) is 42.2 Å². The SMILES string of the molecule is C#CCOC(=O)NC(Cc1ccccc1)C(=O)OCC#C. The fourth-order valence-electron chi connectivity index (χ4n) is 1.55. The van der Waals surface area contributed by atoms with E-state index in [2.05, 4.69) is 21.9 Å². The molecule has 0 heterocycles. The Labute approximate surface area is 123 Å². The Morgan fingerprint density at radius 2 is 1.71 bits per heavy atom. The van der Waals surface area contributed by atoms with E-state index in [1.165, 1.54) is 0 Å². The lowest BCUT2D eigenvalue weighted by molar-refractivity contribution is -0.144. The van der Waals surface area contributed by atoms with Crippen molar-refractivity contribution in [2.75, 3.05) is 13.2 Å². The van der Waals surface area contributed by atoms with Gasteiger partial charge in [-0.25, -0.2) is 9.59 Å². The van der Waals surface area contributed by atoms with Gasteiger partial charge in [0.2, 0.25) is 0 Å². The standard InChI is InChI=1S/C16H15NO4/c1-3-10-20-15(18)14(17-16(19)21-11-4-2)12-13-8-6-5-7-9-13/h1-2,5-9,14H,10-12H2,(H,17,19). The Kier molecular flexibility index (Phi) is 6.96. The molecule has 0 saturated heterocycles. The van der Waals surface area contributed by atoms with Gasteiger partial charge in [0.15, 0.2) is 13.2 Å². The lowest BCUT2D eigenvalue weighted by Crippen LogP contribution is -2.43. The first-order valence-corrected chi connectivity index (χ1v) is 6.18. The number of esters is 1. The fourth-order valence-corrected chi connectivity index (χ4v) is 1.55. The molecule has 0 bridgehead atoms. The quantitative estimate of drug-likeness (QED) is 0.628. The summed E-state index contributed by atoms with van der Waals surface area (Å²) in [6, 6.07) is 8.27. The molecule has 0 aliphatic rings. The van der Waals surface area contributed by atoms with Crippen molar-refractivity contribution >= 4 is 12.1 Å². The van der Waals surface area contributed by atoms with Crippen molar-refractivity contribution in [3.05, 3.63) is 35.9 Å². The summed E-state index contributed by atoms with van der Waals surface area (Å²) in [7, 11) is 0. The average molecular weight is 285 g/mol. The van der Waals surface area contributed by atoms with E-state index in [4.69, 9.17) is 17.6 Å². The van der Waals surface area contributed by atoms with E-state index in [0.29, 0.717) is 0 Å². The number of rotatable bonds is 6. The Bertz CT molecular complexity index is 554. The van der Waals surface area contributed by atoms with E-state index in [1.807, 2.05) is 30.3 Å². The largest absolute Gasteiger partial charge is 0.451 e. The summed E-state index contributed by atoms with van der Waals surface area (Å²) in [6.45, 7) is -0.339. The number of hydrogen-bond donors (Lipinski definition) is 1. The maximum absolute atomic E-state index is 11.9. The smallest absolute Gasteiger partial charge is 0.408 e. The molecular formula is C16H15NO4. The van der Waals surface area contributed by atoms with Gasteiger partial charge in [0.25, 0.3) is 0 Å². The lowest BCUT2D eigenvalue weighted by atomic mass is 10.1. The molecule has 0 saturated carbocycles. The van der Waals surface area contributed by atoms with Crippen molar-refractivity contribution in [3.8, 4) is 24.7 Å². The van der Waals surface area contributed by atoms with Gasteiger partial charge in [0.1, 0.15) is 6.04 Å². The van der Waals surface area contributed by atoms with Crippen LogP contribution in [0.1, 0.15) is 5.56 Å². The number of amides is 1. The van der Waals surface area contributed by atoms with Crippen LogP contribution < -0.4 is 5.32 Å². The average Bonchev–Trinajstić information content (AvgIpc) is 2.51. The van der Waals surface area contributed by atoms with E-state index in [-0.39, 0.29) is 19.6 Å². The highest BCUT2D eigenvalue weighted by Crippen LogP contribution is 2.05. The van der Waals surface area contributed by atoms with E-state index in [1.54, 1.807) is 0 Å². The number of carbonyl (C=O) groups is 2. The first-order chi connectivity index (χ1) is 10.2. The summed E-state index contributed by atoms with van der Waals surface area (Å²) >= 11 is 0. The van der Waals surface area contributed by atoms with Crippen LogP contribution in [-0.2, 0) is 20.7 Å². The summed E-state index contributed by atoms with van der Waals surface area (Å²) in [5.74, 6) is 3.72. The van der Waals surface area contributed by atoms with Crippen LogP contribution in [-0.4, -0.2) is 31.3 Å². The van der Waals surface area contributed by atoms with Crippen molar-refractivity contribution in [1.29, 1.82) is 0 Å². The molecule has 1 N–H and O–H groups in total. The maximum atomic E-state index is 11.9. The predicted octanol–water partition coefficient (Wildman–Crippen LogP) is 1.13. The summed E-state index contributed by atoms with van der Waals surface area (Å²) in [4.78, 5) is 23.4. The van der Waals surface area contributed by atoms with Crippen molar-refractivity contribution in [2.24, 2.45) is 0 Å². The van der Waals surface area contributed by atoms with Crippen LogP contribution in [0.25, 0.3) is 0 Å². The normalized spacial score (nSPS) is 10.6. The van der Waals surface area contributed by atoms with Crippen LogP contribution >= 0.6 is 0 Å². The number of alkyl carbamates (subject to hydrolysis) is 1. The van der Waals surface area contributed by atoms with Gasteiger partial charge in [0, 0.05) is 6.42 Å². The monoisotopic (exact) mass is 285 g/mol. The third kappa shape index (κ3) is 6.17. The molecule has 1 aromatic carbocycles. The van der Waals surface area contributed by atoms with Crippen molar-refractivity contribution in [3.63, 3.8) is 0 Å². The summed E-state index contributed by atoms with van der Waals surface area (Å²) in [5, 5.41) is 2.41. The van der Waals surface area contributed by atoms with Crippen molar-refractivity contribution in [1.82, 2.24) is 5.32 Å². The Morgan fingerprint density at radius 1 is 1.10 bits per heavy atom. The number of carbonyl (C=O) groups excluding carboxylic acids is 2. The number of nitrogens with one attached hydrogen (secondary N) is 1. The van der Waals surface area contributed by atoms with Crippen LogP contribution in [0, 0.1) is 24.7 Å².